The van der Waals surface area contributed by atoms with Crippen molar-refractivity contribution in [3.05, 3.63) is 0 Å². The number of hydrogen-bond acceptors (Lipinski definition) is 13. The van der Waals surface area contributed by atoms with Crippen LogP contribution in [0, 0.1) is 0 Å². The van der Waals surface area contributed by atoms with Gasteiger partial charge in [-0.3, -0.25) is 9.59 Å². The van der Waals surface area contributed by atoms with Crippen molar-refractivity contribution >= 4 is 11.9 Å². The van der Waals surface area contributed by atoms with E-state index >= 15 is 0 Å². The number of unbranched alkanes of at least 4 members (excludes halogenated alkanes) is 5. The largest absolute Gasteiger partial charge is 0.481 e. The second-order valence-corrected chi connectivity index (χ2v) is 8.94. The molecule has 37 heavy (non-hydrogen) atoms. The standard InChI is InChI=1S/C12H22O11.C10H18O4/c13-1-3-5(15)6(16)9(19)12(22-3)23-10-4(2-14)21-11(20)8(18)7(10)17;11-9(12)7-5-3-1-2-4-6-8-10(13)14/h3-20H,1-2H2;1-8H2,(H,11,12)(H,13,14)/t3-,4-,5-,6+,7-,8-,9-,10-,11-,12+;/m1./s1. The first-order chi connectivity index (χ1) is 17.4. The Balaban J connectivity index is 0.000000422. The highest BCUT2D eigenvalue weighted by Crippen LogP contribution is 2.28. The Morgan fingerprint density at radius 1 is 0.595 bits per heavy atom. The Hall–Kier alpha value is -1.50. The summed E-state index contributed by atoms with van der Waals surface area (Å²) in [4.78, 5) is 20.3. The summed E-state index contributed by atoms with van der Waals surface area (Å²) in [7, 11) is 0. The lowest BCUT2D eigenvalue weighted by atomic mass is 9.97. The number of carboxylic acid groups (broad SMARTS) is 2. The molecule has 0 spiro atoms. The van der Waals surface area contributed by atoms with Gasteiger partial charge in [-0.15, -0.1) is 0 Å². The Morgan fingerprint density at radius 2 is 1.08 bits per heavy atom. The summed E-state index contributed by atoms with van der Waals surface area (Å²) in [6.07, 6.45) is -9.75. The second kappa shape index (κ2) is 17.2. The minimum absolute atomic E-state index is 0.245. The van der Waals surface area contributed by atoms with Crippen molar-refractivity contribution in [2.24, 2.45) is 0 Å². The highest BCUT2D eigenvalue weighted by Gasteiger charge is 2.50. The van der Waals surface area contributed by atoms with Gasteiger partial charge < -0.3 is 65.3 Å². The molecule has 0 amide bonds. The fraction of sp³-hybridized carbons (Fsp3) is 0.909. The number of aliphatic carboxylic acids is 2. The molecule has 218 valence electrons. The maximum absolute atomic E-state index is 10.1. The summed E-state index contributed by atoms with van der Waals surface area (Å²) >= 11 is 0. The van der Waals surface area contributed by atoms with E-state index in [1.807, 2.05) is 0 Å². The normalized spacial score (nSPS) is 35.9. The van der Waals surface area contributed by atoms with Gasteiger partial charge in [0.05, 0.1) is 13.2 Å². The van der Waals surface area contributed by atoms with Crippen LogP contribution in [-0.4, -0.2) is 138 Å². The van der Waals surface area contributed by atoms with Gasteiger partial charge in [-0.2, -0.15) is 0 Å². The van der Waals surface area contributed by atoms with Gasteiger partial charge in [-0.25, -0.2) is 0 Å². The number of hydrogen-bond donors (Lipinski definition) is 10. The lowest BCUT2D eigenvalue weighted by Gasteiger charge is -2.45. The second-order valence-electron chi connectivity index (χ2n) is 8.94. The lowest BCUT2D eigenvalue weighted by Crippen LogP contribution is -2.64. The van der Waals surface area contributed by atoms with Crippen LogP contribution in [0.3, 0.4) is 0 Å². The molecule has 0 unspecified atom stereocenters. The highest BCUT2D eigenvalue weighted by molar-refractivity contribution is 5.66. The third-order valence-electron chi connectivity index (χ3n) is 6.01. The smallest absolute Gasteiger partial charge is 0.303 e. The van der Waals surface area contributed by atoms with E-state index in [-0.39, 0.29) is 12.8 Å². The van der Waals surface area contributed by atoms with Crippen LogP contribution in [0.25, 0.3) is 0 Å². The molecule has 2 fully saturated rings. The molecule has 0 bridgehead atoms. The molecule has 0 saturated carbocycles. The van der Waals surface area contributed by atoms with E-state index in [0.29, 0.717) is 0 Å². The Kier molecular flexibility index (Phi) is 15.5. The highest BCUT2D eigenvalue weighted by atomic mass is 16.7. The molecule has 15 heteroatoms. The zero-order valence-corrected chi connectivity index (χ0v) is 20.4. The van der Waals surface area contributed by atoms with Crippen molar-refractivity contribution in [1.82, 2.24) is 0 Å². The van der Waals surface area contributed by atoms with Gasteiger partial charge in [0.15, 0.2) is 12.6 Å². The van der Waals surface area contributed by atoms with E-state index < -0.39 is 86.6 Å². The number of carboxylic acids is 2. The molecule has 10 N–H and O–H groups in total. The maximum Gasteiger partial charge on any atom is 0.303 e. The number of aliphatic hydroxyl groups is 8. The van der Waals surface area contributed by atoms with Gasteiger partial charge in [0.2, 0.25) is 0 Å². The van der Waals surface area contributed by atoms with Crippen molar-refractivity contribution in [2.45, 2.75) is 113 Å². The number of aliphatic hydroxyl groups excluding tert-OH is 8. The summed E-state index contributed by atoms with van der Waals surface area (Å²) in [5.74, 6) is -1.48. The Bertz CT molecular complexity index is 640. The van der Waals surface area contributed by atoms with Crippen LogP contribution in [0.15, 0.2) is 0 Å². The summed E-state index contributed by atoms with van der Waals surface area (Å²) < 4.78 is 15.3. The first-order valence-corrected chi connectivity index (χ1v) is 12.1. The Morgan fingerprint density at radius 3 is 1.54 bits per heavy atom. The molecular formula is C22H40O15. The number of ether oxygens (including phenoxy) is 3. The Labute approximate surface area is 213 Å². The molecule has 15 nitrogen and oxygen atoms in total. The monoisotopic (exact) mass is 544 g/mol. The van der Waals surface area contributed by atoms with E-state index in [0.717, 1.165) is 38.5 Å². The third-order valence-corrected chi connectivity index (χ3v) is 6.01. The molecule has 2 aliphatic rings. The molecule has 2 heterocycles. The zero-order valence-electron chi connectivity index (χ0n) is 20.4. The molecule has 0 aliphatic carbocycles. The van der Waals surface area contributed by atoms with E-state index in [2.05, 4.69) is 0 Å². The van der Waals surface area contributed by atoms with Crippen LogP contribution < -0.4 is 0 Å². The van der Waals surface area contributed by atoms with Gasteiger partial charge in [0.25, 0.3) is 0 Å². The molecule has 0 aromatic carbocycles. The maximum atomic E-state index is 10.1. The molecule has 2 aliphatic heterocycles. The van der Waals surface area contributed by atoms with Gasteiger partial charge in [0, 0.05) is 12.8 Å². The fourth-order valence-electron chi connectivity index (χ4n) is 3.83. The van der Waals surface area contributed by atoms with E-state index in [4.69, 9.17) is 29.5 Å². The van der Waals surface area contributed by atoms with Crippen molar-refractivity contribution in [1.29, 1.82) is 0 Å². The van der Waals surface area contributed by atoms with Crippen molar-refractivity contribution in [3.8, 4) is 0 Å². The van der Waals surface area contributed by atoms with Gasteiger partial charge in [-0.1, -0.05) is 25.7 Å². The summed E-state index contributed by atoms with van der Waals surface area (Å²) in [5, 5.41) is 93.2. The molecule has 0 aromatic heterocycles. The summed E-state index contributed by atoms with van der Waals surface area (Å²) in [5.41, 5.74) is 0. The quantitative estimate of drug-likeness (QED) is 0.103. The van der Waals surface area contributed by atoms with Crippen LogP contribution in [0.4, 0.5) is 0 Å². The van der Waals surface area contributed by atoms with Crippen molar-refractivity contribution < 1.29 is 74.9 Å². The van der Waals surface area contributed by atoms with Crippen molar-refractivity contribution in [2.75, 3.05) is 13.2 Å². The topological polar surface area (TPSA) is 264 Å². The predicted molar refractivity (Wildman–Crippen MR) is 121 cm³/mol. The van der Waals surface area contributed by atoms with Crippen LogP contribution >= 0.6 is 0 Å². The fourth-order valence-corrected chi connectivity index (χ4v) is 3.83. The van der Waals surface area contributed by atoms with Crippen LogP contribution in [-0.2, 0) is 23.8 Å². The first kappa shape index (κ1) is 33.5. The third kappa shape index (κ3) is 11.0. The van der Waals surface area contributed by atoms with Crippen LogP contribution in [0.1, 0.15) is 51.4 Å². The first-order valence-electron chi connectivity index (χ1n) is 12.1. The van der Waals surface area contributed by atoms with E-state index in [1.165, 1.54) is 0 Å². The molecule has 2 rings (SSSR count). The average Bonchev–Trinajstić information content (AvgIpc) is 2.85. The minimum Gasteiger partial charge on any atom is -0.481 e. The predicted octanol–water partition coefficient (Wildman–Crippen LogP) is -3.12. The molecule has 0 radical (unpaired) electrons. The van der Waals surface area contributed by atoms with Crippen LogP contribution in [0.2, 0.25) is 0 Å². The average molecular weight is 545 g/mol. The summed E-state index contributed by atoms with van der Waals surface area (Å²) in [6.45, 7) is -1.35. The number of carbonyl (C=O) groups is 2. The van der Waals surface area contributed by atoms with E-state index in [1.54, 1.807) is 0 Å². The van der Waals surface area contributed by atoms with Gasteiger partial charge in [-0.05, 0) is 12.8 Å². The van der Waals surface area contributed by atoms with Gasteiger partial charge >= 0.3 is 11.9 Å². The molecule has 10 atom stereocenters. The zero-order chi connectivity index (χ0) is 28.1. The van der Waals surface area contributed by atoms with Gasteiger partial charge in [0.1, 0.15) is 48.8 Å². The van der Waals surface area contributed by atoms with Crippen molar-refractivity contribution in [3.63, 3.8) is 0 Å². The van der Waals surface area contributed by atoms with Crippen LogP contribution in [0.5, 0.6) is 0 Å². The SMILES string of the molecule is O=C(O)CCCCCCCCC(=O)O.OC[C@H]1O[C@@H](O[C@H]2[C@H](O)[C@@H](O)[C@H](O)O[C@@H]2CO)[C@H](O)[C@@H](O)[C@@H]1O. The minimum atomic E-state index is -1.74. The molecule has 0 aromatic rings. The van der Waals surface area contributed by atoms with E-state index in [9.17, 15) is 45.3 Å². The number of rotatable bonds is 13. The lowest BCUT2D eigenvalue weighted by molar-refractivity contribution is -0.355. The molecular weight excluding hydrogens is 504 g/mol. The molecule has 2 saturated heterocycles. The summed E-state index contributed by atoms with van der Waals surface area (Å²) in [6, 6.07) is 0.